The lowest BCUT2D eigenvalue weighted by atomic mass is 9.92. The van der Waals surface area contributed by atoms with Gasteiger partial charge in [0.05, 0.1) is 5.92 Å². The van der Waals surface area contributed by atoms with Crippen LogP contribution in [-0.2, 0) is 4.79 Å². The molecule has 1 heterocycles. The largest absolute Gasteiger partial charge is 0.481 e. The summed E-state index contributed by atoms with van der Waals surface area (Å²) < 4.78 is 0. The van der Waals surface area contributed by atoms with E-state index in [9.17, 15) is 14.7 Å². The summed E-state index contributed by atoms with van der Waals surface area (Å²) in [5, 5.41) is 9.92. The van der Waals surface area contributed by atoms with Gasteiger partial charge >= 0.3 is 5.97 Å². The molecule has 1 aliphatic carbocycles. The number of rotatable bonds is 5. The zero-order valence-corrected chi connectivity index (χ0v) is 14.4. The van der Waals surface area contributed by atoms with Crippen LogP contribution in [-0.4, -0.2) is 40.2 Å². The molecular weight excluding hydrogens is 310 g/mol. The zero-order valence-electron chi connectivity index (χ0n) is 13.6. The van der Waals surface area contributed by atoms with E-state index in [0.29, 0.717) is 29.8 Å². The number of carbonyl (C=O) groups is 2. The maximum absolute atomic E-state index is 12.7. The molecule has 1 N–H and O–H groups in total. The van der Waals surface area contributed by atoms with Gasteiger partial charge in [0, 0.05) is 28.8 Å². The van der Waals surface area contributed by atoms with Crippen molar-refractivity contribution in [1.82, 2.24) is 4.90 Å². The van der Waals surface area contributed by atoms with Crippen molar-refractivity contribution in [2.24, 2.45) is 17.8 Å². The number of hydrogen-bond acceptors (Lipinski definition) is 3. The summed E-state index contributed by atoms with van der Waals surface area (Å²) >= 11 is 1.77. The molecule has 3 rings (SSSR count). The standard InChI is InChI=1S/C18H23NO3S/c1-11(2)23-14-7-5-13(6-8-14)17(20)19-9-15(12-3-4-12)16(10-19)18(21)22/h5-8,11-12,15-16H,3-4,9-10H2,1-2H3,(H,21,22)/t15-,16+/m1/s1. The molecule has 2 atom stereocenters. The first kappa shape index (κ1) is 16.4. The van der Waals surface area contributed by atoms with Gasteiger partial charge in [-0.05, 0) is 48.9 Å². The molecule has 4 nitrogen and oxygen atoms in total. The average Bonchev–Trinajstić information content (AvgIpc) is 3.25. The number of amides is 1. The molecule has 0 spiro atoms. The Labute approximate surface area is 141 Å². The van der Waals surface area contributed by atoms with Crippen LogP contribution in [0.25, 0.3) is 0 Å². The molecule has 0 aromatic heterocycles. The maximum atomic E-state index is 12.7. The number of aliphatic carboxylic acids is 1. The van der Waals surface area contributed by atoms with Crippen LogP contribution in [0.3, 0.4) is 0 Å². The Balaban J connectivity index is 1.69. The van der Waals surface area contributed by atoms with Crippen molar-refractivity contribution in [2.45, 2.75) is 36.8 Å². The molecule has 5 heteroatoms. The number of hydrogen-bond donors (Lipinski definition) is 1. The topological polar surface area (TPSA) is 57.6 Å². The molecule has 124 valence electrons. The first-order valence-corrected chi connectivity index (χ1v) is 9.12. The minimum absolute atomic E-state index is 0.0412. The quantitative estimate of drug-likeness (QED) is 0.839. The first-order chi connectivity index (χ1) is 11.0. The van der Waals surface area contributed by atoms with E-state index in [2.05, 4.69) is 13.8 Å². The fourth-order valence-electron chi connectivity index (χ4n) is 3.39. The second-order valence-corrected chi connectivity index (χ2v) is 8.50. The van der Waals surface area contributed by atoms with Gasteiger partial charge in [-0.1, -0.05) is 13.8 Å². The molecule has 1 saturated heterocycles. The molecule has 2 fully saturated rings. The number of carboxylic acids is 1. The van der Waals surface area contributed by atoms with Crippen molar-refractivity contribution in [3.8, 4) is 0 Å². The van der Waals surface area contributed by atoms with Crippen LogP contribution in [0.4, 0.5) is 0 Å². The highest BCUT2D eigenvalue weighted by Crippen LogP contribution is 2.44. The van der Waals surface area contributed by atoms with Crippen molar-refractivity contribution in [3.05, 3.63) is 29.8 Å². The third-order valence-corrected chi connectivity index (χ3v) is 5.69. The molecular formula is C18H23NO3S. The van der Waals surface area contributed by atoms with Gasteiger partial charge in [0.1, 0.15) is 0 Å². The summed E-state index contributed by atoms with van der Waals surface area (Å²) in [6, 6.07) is 7.66. The fourth-order valence-corrected chi connectivity index (χ4v) is 4.23. The molecule has 1 aliphatic heterocycles. The highest BCUT2D eigenvalue weighted by atomic mass is 32.2. The summed E-state index contributed by atoms with van der Waals surface area (Å²) in [4.78, 5) is 27.0. The minimum atomic E-state index is -0.763. The number of carbonyl (C=O) groups excluding carboxylic acids is 1. The SMILES string of the molecule is CC(C)Sc1ccc(C(=O)N2C[C@H](C(=O)O)[C@@H](C3CC3)C2)cc1. The number of benzene rings is 1. The molecule has 1 aromatic rings. The van der Waals surface area contributed by atoms with Crippen molar-refractivity contribution >= 4 is 23.6 Å². The monoisotopic (exact) mass is 333 g/mol. The lowest BCUT2D eigenvalue weighted by Gasteiger charge is -2.16. The van der Waals surface area contributed by atoms with Crippen LogP contribution < -0.4 is 0 Å². The van der Waals surface area contributed by atoms with E-state index in [1.165, 1.54) is 0 Å². The predicted molar refractivity (Wildman–Crippen MR) is 90.7 cm³/mol. The van der Waals surface area contributed by atoms with Crippen molar-refractivity contribution in [3.63, 3.8) is 0 Å². The van der Waals surface area contributed by atoms with Crippen LogP contribution in [0, 0.1) is 17.8 Å². The molecule has 1 aromatic carbocycles. The minimum Gasteiger partial charge on any atom is -0.481 e. The number of carboxylic acid groups (broad SMARTS) is 1. The molecule has 1 amide bonds. The molecule has 0 bridgehead atoms. The van der Waals surface area contributed by atoms with Gasteiger partial charge in [0.2, 0.25) is 0 Å². The zero-order chi connectivity index (χ0) is 16.6. The molecule has 0 unspecified atom stereocenters. The van der Waals surface area contributed by atoms with E-state index >= 15 is 0 Å². The van der Waals surface area contributed by atoms with Crippen molar-refractivity contribution in [2.75, 3.05) is 13.1 Å². The average molecular weight is 333 g/mol. The van der Waals surface area contributed by atoms with Gasteiger partial charge in [0.15, 0.2) is 0 Å². The first-order valence-electron chi connectivity index (χ1n) is 8.24. The Bertz CT molecular complexity index is 595. The second kappa shape index (κ2) is 6.56. The Morgan fingerprint density at radius 3 is 2.35 bits per heavy atom. The van der Waals surface area contributed by atoms with E-state index in [4.69, 9.17) is 0 Å². The highest BCUT2D eigenvalue weighted by molar-refractivity contribution is 7.99. The van der Waals surface area contributed by atoms with E-state index in [1.807, 2.05) is 24.3 Å². The van der Waals surface area contributed by atoms with E-state index in [1.54, 1.807) is 16.7 Å². The van der Waals surface area contributed by atoms with Crippen LogP contribution in [0.2, 0.25) is 0 Å². The molecule has 23 heavy (non-hydrogen) atoms. The molecule has 0 radical (unpaired) electrons. The normalized spacial score (nSPS) is 24.2. The summed E-state index contributed by atoms with van der Waals surface area (Å²) in [7, 11) is 0. The van der Waals surface area contributed by atoms with Gasteiger partial charge in [-0.15, -0.1) is 11.8 Å². The van der Waals surface area contributed by atoms with Crippen molar-refractivity contribution in [1.29, 1.82) is 0 Å². The smallest absolute Gasteiger partial charge is 0.308 e. The van der Waals surface area contributed by atoms with E-state index in [0.717, 1.165) is 17.7 Å². The van der Waals surface area contributed by atoms with Crippen LogP contribution >= 0.6 is 11.8 Å². The number of nitrogens with zero attached hydrogens (tertiary/aromatic N) is 1. The maximum Gasteiger partial charge on any atom is 0.308 e. The third-order valence-electron chi connectivity index (χ3n) is 4.67. The van der Waals surface area contributed by atoms with Gasteiger partial charge < -0.3 is 10.0 Å². The van der Waals surface area contributed by atoms with Gasteiger partial charge in [-0.2, -0.15) is 0 Å². The van der Waals surface area contributed by atoms with Crippen LogP contribution in [0.5, 0.6) is 0 Å². The molecule has 2 aliphatic rings. The number of likely N-dealkylation sites (tertiary alicyclic amines) is 1. The Hall–Kier alpha value is -1.49. The Morgan fingerprint density at radius 1 is 1.17 bits per heavy atom. The van der Waals surface area contributed by atoms with Gasteiger partial charge in [0.25, 0.3) is 5.91 Å². The Morgan fingerprint density at radius 2 is 1.83 bits per heavy atom. The van der Waals surface area contributed by atoms with Gasteiger partial charge in [-0.3, -0.25) is 9.59 Å². The van der Waals surface area contributed by atoms with Crippen molar-refractivity contribution < 1.29 is 14.7 Å². The summed E-state index contributed by atoms with van der Waals surface area (Å²) in [6.07, 6.45) is 2.22. The predicted octanol–water partition coefficient (Wildman–Crippen LogP) is 3.37. The fraction of sp³-hybridized carbons (Fsp3) is 0.556. The van der Waals surface area contributed by atoms with Gasteiger partial charge in [-0.25, -0.2) is 0 Å². The van der Waals surface area contributed by atoms with Crippen LogP contribution in [0.1, 0.15) is 37.0 Å². The van der Waals surface area contributed by atoms with E-state index < -0.39 is 11.9 Å². The lowest BCUT2D eigenvalue weighted by molar-refractivity contribution is -0.142. The van der Waals surface area contributed by atoms with Crippen LogP contribution in [0.15, 0.2) is 29.2 Å². The summed E-state index contributed by atoms with van der Waals surface area (Å²) in [6.45, 7) is 5.21. The Kier molecular flexibility index (Phi) is 4.67. The summed E-state index contributed by atoms with van der Waals surface area (Å²) in [5.41, 5.74) is 0.652. The van der Waals surface area contributed by atoms with E-state index in [-0.39, 0.29) is 11.8 Å². The second-order valence-electron chi connectivity index (χ2n) is 6.85. The number of thioether (sulfide) groups is 1. The summed E-state index contributed by atoms with van der Waals surface area (Å²) in [5.74, 6) is -0.575. The molecule has 1 saturated carbocycles. The highest BCUT2D eigenvalue weighted by Gasteiger charge is 2.46. The third kappa shape index (κ3) is 3.71. The lowest BCUT2D eigenvalue weighted by Crippen LogP contribution is -2.29.